The molecule has 2 aliphatic rings. The van der Waals surface area contributed by atoms with Crippen LogP contribution in [0, 0.1) is 5.92 Å². The van der Waals surface area contributed by atoms with Crippen molar-refractivity contribution in [3.8, 4) is 5.75 Å². The minimum Gasteiger partial charge on any atom is -0.497 e. The number of hydrogen-bond acceptors (Lipinski definition) is 5. The van der Waals surface area contributed by atoms with Crippen LogP contribution in [0.4, 0.5) is 4.79 Å². The van der Waals surface area contributed by atoms with Crippen LogP contribution in [0.2, 0.25) is 0 Å². The Bertz CT molecular complexity index is 959. The molecule has 2 saturated heterocycles. The largest absolute Gasteiger partial charge is 0.497 e. The molecule has 1 N–H and O–H groups in total. The van der Waals surface area contributed by atoms with Crippen LogP contribution in [0.15, 0.2) is 54.6 Å². The Labute approximate surface area is 195 Å². The molecule has 0 aliphatic carbocycles. The van der Waals surface area contributed by atoms with Gasteiger partial charge in [-0.2, -0.15) is 0 Å². The number of hydrogen-bond donors (Lipinski definition) is 1. The number of nitrogens with one attached hydrogen (secondary N) is 1. The van der Waals surface area contributed by atoms with Crippen LogP contribution < -0.4 is 10.1 Å². The molecule has 2 aliphatic heterocycles. The number of amides is 3. The number of nitrogens with zero attached hydrogens (tertiary/aromatic N) is 2. The van der Waals surface area contributed by atoms with Crippen molar-refractivity contribution in [2.24, 2.45) is 5.92 Å². The molecule has 2 aromatic rings. The van der Waals surface area contributed by atoms with E-state index in [1.54, 1.807) is 14.2 Å². The Morgan fingerprint density at radius 1 is 1.00 bits per heavy atom. The molecule has 0 aromatic heterocycles. The molecule has 1 atom stereocenters. The fourth-order valence-corrected chi connectivity index (χ4v) is 5.10. The number of methoxy groups -OCH3 is 2. The van der Waals surface area contributed by atoms with Crippen molar-refractivity contribution in [2.75, 3.05) is 40.5 Å². The minimum atomic E-state index is -0.948. The molecule has 0 unspecified atom stereocenters. The number of benzene rings is 2. The van der Waals surface area contributed by atoms with Gasteiger partial charge >= 0.3 is 6.03 Å². The van der Waals surface area contributed by atoms with Crippen molar-refractivity contribution in [1.29, 1.82) is 0 Å². The third-order valence-electron chi connectivity index (χ3n) is 6.87. The maximum Gasteiger partial charge on any atom is 0.325 e. The summed E-state index contributed by atoms with van der Waals surface area (Å²) in [5, 5.41) is 3.12. The first kappa shape index (κ1) is 23.3. The Morgan fingerprint density at radius 2 is 1.73 bits per heavy atom. The van der Waals surface area contributed by atoms with E-state index in [1.165, 1.54) is 10.5 Å². The molecule has 7 heteroatoms. The molecule has 2 aromatic carbocycles. The second kappa shape index (κ2) is 10.4. The third kappa shape index (κ3) is 5.04. The van der Waals surface area contributed by atoms with E-state index in [0.717, 1.165) is 43.8 Å². The van der Waals surface area contributed by atoms with Crippen LogP contribution >= 0.6 is 0 Å². The van der Waals surface area contributed by atoms with Gasteiger partial charge in [0, 0.05) is 20.1 Å². The number of urea groups is 1. The quantitative estimate of drug-likeness (QED) is 0.594. The molecular formula is C26H33N3O4. The highest BCUT2D eigenvalue weighted by atomic mass is 16.5. The van der Waals surface area contributed by atoms with E-state index in [9.17, 15) is 9.59 Å². The second-order valence-electron chi connectivity index (χ2n) is 8.92. The lowest BCUT2D eigenvalue weighted by molar-refractivity contribution is -0.134. The molecule has 7 nitrogen and oxygen atoms in total. The van der Waals surface area contributed by atoms with Gasteiger partial charge in [0.15, 0.2) is 0 Å². The summed E-state index contributed by atoms with van der Waals surface area (Å²) in [4.78, 5) is 30.3. The first-order chi connectivity index (χ1) is 16.1. The fraction of sp³-hybridized carbons (Fsp3) is 0.462. The molecule has 0 spiro atoms. The van der Waals surface area contributed by atoms with Gasteiger partial charge in [-0.25, -0.2) is 4.79 Å². The van der Waals surface area contributed by atoms with Crippen LogP contribution in [0.1, 0.15) is 24.0 Å². The summed E-state index contributed by atoms with van der Waals surface area (Å²) >= 11 is 0. The van der Waals surface area contributed by atoms with E-state index >= 15 is 0 Å². The van der Waals surface area contributed by atoms with Gasteiger partial charge in [-0.3, -0.25) is 14.6 Å². The van der Waals surface area contributed by atoms with E-state index in [-0.39, 0.29) is 24.4 Å². The average molecular weight is 452 g/mol. The molecule has 2 fully saturated rings. The monoisotopic (exact) mass is 451 g/mol. The summed E-state index contributed by atoms with van der Waals surface area (Å²) < 4.78 is 10.5. The summed E-state index contributed by atoms with van der Waals surface area (Å²) in [6, 6.07) is 17.9. The molecule has 176 valence electrons. The molecule has 33 heavy (non-hydrogen) atoms. The lowest BCUT2D eigenvalue weighted by atomic mass is 9.74. The summed E-state index contributed by atoms with van der Waals surface area (Å²) in [5.41, 5.74) is 1.32. The smallest absolute Gasteiger partial charge is 0.325 e. The zero-order valence-electron chi connectivity index (χ0n) is 19.5. The van der Waals surface area contributed by atoms with Gasteiger partial charge in [-0.05, 0) is 55.1 Å². The predicted molar refractivity (Wildman–Crippen MR) is 126 cm³/mol. The number of ether oxygens (including phenoxy) is 2. The Hall–Kier alpha value is -2.90. The normalized spacial score (nSPS) is 21.9. The highest BCUT2D eigenvalue weighted by molar-refractivity contribution is 6.07. The van der Waals surface area contributed by atoms with Crippen molar-refractivity contribution in [1.82, 2.24) is 15.1 Å². The van der Waals surface area contributed by atoms with Crippen molar-refractivity contribution >= 4 is 11.9 Å². The summed E-state index contributed by atoms with van der Waals surface area (Å²) in [5.74, 6) is 0.655. The summed E-state index contributed by atoms with van der Waals surface area (Å²) in [7, 11) is 3.21. The van der Waals surface area contributed by atoms with Gasteiger partial charge in [0.1, 0.15) is 11.3 Å². The molecule has 4 rings (SSSR count). The molecule has 0 radical (unpaired) electrons. The van der Waals surface area contributed by atoms with Gasteiger partial charge in [0.05, 0.1) is 20.3 Å². The molecule has 0 saturated carbocycles. The molecular weight excluding hydrogens is 418 g/mol. The first-order valence-corrected chi connectivity index (χ1v) is 11.6. The maximum absolute atomic E-state index is 13.7. The van der Waals surface area contributed by atoms with Crippen molar-refractivity contribution in [3.05, 3.63) is 65.7 Å². The van der Waals surface area contributed by atoms with Crippen LogP contribution in [0.25, 0.3) is 0 Å². The summed E-state index contributed by atoms with van der Waals surface area (Å²) in [6.07, 6.45) is 2.14. The Kier molecular flexibility index (Phi) is 7.30. The Balaban J connectivity index is 1.54. The maximum atomic E-state index is 13.7. The molecule has 2 heterocycles. The Morgan fingerprint density at radius 3 is 2.42 bits per heavy atom. The number of rotatable bonds is 9. The number of carbonyl (C=O) groups is 2. The van der Waals surface area contributed by atoms with E-state index in [2.05, 4.69) is 34.5 Å². The highest BCUT2D eigenvalue weighted by Gasteiger charge is 2.55. The van der Waals surface area contributed by atoms with Crippen LogP contribution in [0.3, 0.4) is 0 Å². The fourth-order valence-electron chi connectivity index (χ4n) is 5.10. The van der Waals surface area contributed by atoms with Gasteiger partial charge in [0.25, 0.3) is 5.91 Å². The van der Waals surface area contributed by atoms with Gasteiger partial charge in [-0.15, -0.1) is 0 Å². The van der Waals surface area contributed by atoms with E-state index in [0.29, 0.717) is 13.0 Å². The lowest BCUT2D eigenvalue weighted by Gasteiger charge is -2.41. The lowest BCUT2D eigenvalue weighted by Crippen LogP contribution is -2.57. The van der Waals surface area contributed by atoms with E-state index in [1.807, 2.05) is 30.3 Å². The summed E-state index contributed by atoms with van der Waals surface area (Å²) in [6.45, 7) is 3.26. The SMILES string of the molecule is COCCN1C(=O)N[C@](Cc2cccc(OC)c2)(C2CCN(Cc3ccccc3)CC2)C1=O. The van der Waals surface area contributed by atoms with E-state index < -0.39 is 5.54 Å². The molecule has 0 bridgehead atoms. The highest BCUT2D eigenvalue weighted by Crippen LogP contribution is 2.37. The van der Waals surface area contributed by atoms with E-state index in [4.69, 9.17) is 9.47 Å². The number of carbonyl (C=O) groups excluding carboxylic acids is 2. The first-order valence-electron chi connectivity index (χ1n) is 11.6. The average Bonchev–Trinajstić information content (AvgIpc) is 3.08. The van der Waals surface area contributed by atoms with Gasteiger partial charge in [-0.1, -0.05) is 42.5 Å². The molecule has 3 amide bonds. The zero-order valence-corrected chi connectivity index (χ0v) is 19.5. The van der Waals surface area contributed by atoms with Crippen LogP contribution in [-0.4, -0.2) is 67.7 Å². The predicted octanol–water partition coefficient (Wildman–Crippen LogP) is 3.09. The number of piperidine rings is 1. The standard InChI is InChI=1S/C26H33N3O4/c1-32-16-15-29-24(30)26(27-25(29)31,18-21-9-6-10-23(17-21)33-2)22-11-13-28(14-12-22)19-20-7-4-3-5-8-20/h3-10,17,22H,11-16,18-19H2,1-2H3,(H,27,31)/t26-/m1/s1. The van der Waals surface area contributed by atoms with Gasteiger partial charge < -0.3 is 14.8 Å². The van der Waals surface area contributed by atoms with Crippen LogP contribution in [0.5, 0.6) is 5.75 Å². The third-order valence-corrected chi connectivity index (χ3v) is 6.87. The van der Waals surface area contributed by atoms with Crippen molar-refractivity contribution < 1.29 is 19.1 Å². The topological polar surface area (TPSA) is 71.1 Å². The second-order valence-corrected chi connectivity index (χ2v) is 8.92. The van der Waals surface area contributed by atoms with Crippen molar-refractivity contribution in [2.45, 2.75) is 31.3 Å². The number of likely N-dealkylation sites (tertiary alicyclic amines) is 1. The minimum absolute atomic E-state index is 0.0553. The number of imide groups is 1. The van der Waals surface area contributed by atoms with Crippen LogP contribution in [-0.2, 0) is 22.5 Å². The zero-order chi connectivity index (χ0) is 23.3. The van der Waals surface area contributed by atoms with Crippen molar-refractivity contribution in [3.63, 3.8) is 0 Å². The van der Waals surface area contributed by atoms with Gasteiger partial charge in [0.2, 0.25) is 0 Å².